The molecule has 2 amide bonds. The third kappa shape index (κ3) is 6.64. The number of hydrogen-bond donors (Lipinski definition) is 1. The van der Waals surface area contributed by atoms with Gasteiger partial charge in [0.1, 0.15) is 11.8 Å². The van der Waals surface area contributed by atoms with Crippen LogP contribution in [-0.4, -0.2) is 35.9 Å². The fourth-order valence-electron chi connectivity index (χ4n) is 2.92. The molecule has 2 aromatic carbocycles. The van der Waals surface area contributed by atoms with Gasteiger partial charge in [0.2, 0.25) is 5.91 Å². The van der Waals surface area contributed by atoms with E-state index in [4.69, 9.17) is 27.9 Å². The zero-order valence-electron chi connectivity index (χ0n) is 17.7. The van der Waals surface area contributed by atoms with Gasteiger partial charge >= 0.3 is 0 Å². The van der Waals surface area contributed by atoms with Crippen molar-refractivity contribution in [2.45, 2.75) is 46.2 Å². The van der Waals surface area contributed by atoms with E-state index in [2.05, 4.69) is 19.2 Å². The van der Waals surface area contributed by atoms with Crippen LogP contribution in [-0.2, 0) is 16.1 Å². The van der Waals surface area contributed by atoms with E-state index in [1.165, 1.54) is 10.5 Å². The van der Waals surface area contributed by atoms with Crippen LogP contribution in [0.15, 0.2) is 42.5 Å². The van der Waals surface area contributed by atoms with Crippen LogP contribution in [0, 0.1) is 0 Å². The third-order valence-corrected chi connectivity index (χ3v) is 5.50. The van der Waals surface area contributed by atoms with Gasteiger partial charge in [0, 0.05) is 13.1 Å². The van der Waals surface area contributed by atoms with Crippen LogP contribution in [0.4, 0.5) is 0 Å². The van der Waals surface area contributed by atoms with Crippen LogP contribution in [0.2, 0.25) is 10.0 Å². The number of nitrogens with zero attached hydrogens (tertiary/aromatic N) is 1. The average Bonchev–Trinajstić information content (AvgIpc) is 2.72. The summed E-state index contributed by atoms with van der Waals surface area (Å²) >= 11 is 12.1. The van der Waals surface area contributed by atoms with Gasteiger partial charge in [-0.25, -0.2) is 0 Å². The SMILES string of the molecule is CCNC(=O)C(C)N(Cc1ccc(Cl)c(Cl)c1)C(=O)COc1ccc(C(C)C)cc1. The number of ether oxygens (including phenoxy) is 1. The fourth-order valence-corrected chi connectivity index (χ4v) is 3.24. The normalized spacial score (nSPS) is 11.8. The second-order valence-electron chi connectivity index (χ2n) is 7.35. The predicted molar refractivity (Wildman–Crippen MR) is 121 cm³/mol. The van der Waals surface area contributed by atoms with Crippen LogP contribution in [0.5, 0.6) is 5.75 Å². The summed E-state index contributed by atoms with van der Waals surface area (Å²) in [5, 5.41) is 3.59. The molecule has 1 atom stereocenters. The van der Waals surface area contributed by atoms with Crippen molar-refractivity contribution in [1.82, 2.24) is 10.2 Å². The van der Waals surface area contributed by atoms with Crippen molar-refractivity contribution < 1.29 is 14.3 Å². The molecule has 0 saturated carbocycles. The lowest BCUT2D eigenvalue weighted by Gasteiger charge is -2.28. The Balaban J connectivity index is 2.14. The Morgan fingerprint density at radius 2 is 1.70 bits per heavy atom. The molecule has 162 valence electrons. The molecule has 0 bridgehead atoms. The molecule has 5 nitrogen and oxygen atoms in total. The second-order valence-corrected chi connectivity index (χ2v) is 8.17. The maximum atomic E-state index is 13.0. The van der Waals surface area contributed by atoms with Gasteiger partial charge in [-0.2, -0.15) is 0 Å². The van der Waals surface area contributed by atoms with Crippen LogP contribution in [0.25, 0.3) is 0 Å². The lowest BCUT2D eigenvalue weighted by Crippen LogP contribution is -2.49. The smallest absolute Gasteiger partial charge is 0.261 e. The van der Waals surface area contributed by atoms with E-state index < -0.39 is 6.04 Å². The molecule has 30 heavy (non-hydrogen) atoms. The molecular formula is C23H28Cl2N2O3. The zero-order chi connectivity index (χ0) is 22.3. The second kappa shape index (κ2) is 11.2. The molecule has 0 aliphatic carbocycles. The maximum absolute atomic E-state index is 13.0. The van der Waals surface area contributed by atoms with Gasteiger partial charge in [-0.1, -0.05) is 55.2 Å². The van der Waals surface area contributed by atoms with Crippen LogP contribution in [0.1, 0.15) is 44.7 Å². The first-order valence-electron chi connectivity index (χ1n) is 9.96. The van der Waals surface area contributed by atoms with Crippen molar-refractivity contribution in [3.05, 3.63) is 63.6 Å². The average molecular weight is 451 g/mol. The molecule has 0 spiro atoms. The number of carbonyl (C=O) groups excluding carboxylic acids is 2. The molecule has 0 heterocycles. The van der Waals surface area contributed by atoms with E-state index >= 15 is 0 Å². The number of carbonyl (C=O) groups is 2. The van der Waals surface area contributed by atoms with Crippen molar-refractivity contribution in [2.24, 2.45) is 0 Å². The van der Waals surface area contributed by atoms with Gasteiger partial charge in [-0.15, -0.1) is 0 Å². The number of nitrogens with one attached hydrogen (secondary N) is 1. The van der Waals surface area contributed by atoms with E-state index in [0.29, 0.717) is 28.3 Å². The van der Waals surface area contributed by atoms with E-state index in [9.17, 15) is 9.59 Å². The number of amides is 2. The molecule has 1 unspecified atom stereocenters. The van der Waals surface area contributed by atoms with Crippen molar-refractivity contribution in [2.75, 3.05) is 13.2 Å². The minimum atomic E-state index is -0.668. The highest BCUT2D eigenvalue weighted by molar-refractivity contribution is 6.42. The zero-order valence-corrected chi connectivity index (χ0v) is 19.3. The molecule has 1 N–H and O–H groups in total. The van der Waals surface area contributed by atoms with Crippen molar-refractivity contribution in [3.8, 4) is 5.75 Å². The number of hydrogen-bond acceptors (Lipinski definition) is 3. The Labute approximate surface area is 188 Å². The number of halogens is 2. The van der Waals surface area contributed by atoms with Gasteiger partial charge in [-0.3, -0.25) is 9.59 Å². The summed E-state index contributed by atoms with van der Waals surface area (Å²) in [6.45, 7) is 8.27. The summed E-state index contributed by atoms with van der Waals surface area (Å²) in [4.78, 5) is 26.8. The summed E-state index contributed by atoms with van der Waals surface area (Å²) in [5.41, 5.74) is 1.97. The minimum Gasteiger partial charge on any atom is -0.484 e. The van der Waals surface area contributed by atoms with E-state index in [1.54, 1.807) is 25.1 Å². The molecular weight excluding hydrogens is 423 g/mol. The van der Waals surface area contributed by atoms with Gasteiger partial charge in [-0.05, 0) is 55.2 Å². The molecule has 0 aliphatic rings. The first-order valence-corrected chi connectivity index (χ1v) is 10.7. The first kappa shape index (κ1) is 24.0. The van der Waals surface area contributed by atoms with Crippen LogP contribution in [0.3, 0.4) is 0 Å². The van der Waals surface area contributed by atoms with Gasteiger partial charge < -0.3 is 15.0 Å². The monoisotopic (exact) mass is 450 g/mol. The quantitative estimate of drug-likeness (QED) is 0.581. The van der Waals surface area contributed by atoms with Crippen LogP contribution >= 0.6 is 23.2 Å². The van der Waals surface area contributed by atoms with Gasteiger partial charge in [0.05, 0.1) is 10.0 Å². The molecule has 0 aromatic heterocycles. The van der Waals surface area contributed by atoms with E-state index in [-0.39, 0.29) is 25.0 Å². The Bertz CT molecular complexity index is 869. The van der Waals surface area contributed by atoms with Gasteiger partial charge in [0.15, 0.2) is 6.61 Å². The summed E-state index contributed by atoms with van der Waals surface area (Å²) in [6, 6.07) is 12.1. The number of rotatable bonds is 9. The molecule has 2 rings (SSSR count). The summed E-state index contributed by atoms with van der Waals surface area (Å²) < 4.78 is 5.68. The highest BCUT2D eigenvalue weighted by Crippen LogP contribution is 2.24. The van der Waals surface area contributed by atoms with Crippen LogP contribution < -0.4 is 10.1 Å². The molecule has 0 aliphatic heterocycles. The van der Waals surface area contributed by atoms with E-state index in [1.807, 2.05) is 31.2 Å². The van der Waals surface area contributed by atoms with Crippen molar-refractivity contribution >= 4 is 35.0 Å². The molecule has 0 fully saturated rings. The van der Waals surface area contributed by atoms with E-state index in [0.717, 1.165) is 5.56 Å². The molecule has 2 aromatic rings. The Kier molecular flexibility index (Phi) is 9.00. The Morgan fingerprint density at radius 3 is 2.27 bits per heavy atom. The Morgan fingerprint density at radius 1 is 1.03 bits per heavy atom. The maximum Gasteiger partial charge on any atom is 0.261 e. The fraction of sp³-hybridized carbons (Fsp3) is 0.391. The highest BCUT2D eigenvalue weighted by atomic mass is 35.5. The number of benzene rings is 2. The molecule has 7 heteroatoms. The lowest BCUT2D eigenvalue weighted by atomic mass is 10.0. The summed E-state index contributed by atoms with van der Waals surface area (Å²) in [5.74, 6) is 0.494. The topological polar surface area (TPSA) is 58.6 Å². The van der Waals surface area contributed by atoms with Gasteiger partial charge in [0.25, 0.3) is 5.91 Å². The first-order chi connectivity index (χ1) is 14.2. The predicted octanol–water partition coefficient (Wildman–Crippen LogP) is 5.05. The number of likely N-dealkylation sites (N-methyl/N-ethyl adjacent to an activating group) is 1. The molecule has 0 saturated heterocycles. The summed E-state index contributed by atoms with van der Waals surface area (Å²) in [7, 11) is 0. The Hall–Kier alpha value is -2.24. The highest BCUT2D eigenvalue weighted by Gasteiger charge is 2.26. The molecule has 0 radical (unpaired) electrons. The standard InChI is InChI=1S/C23H28Cl2N2O3/c1-5-26-23(29)16(4)27(13-17-6-11-20(24)21(25)12-17)22(28)14-30-19-9-7-18(8-10-19)15(2)3/h6-12,15-16H,5,13-14H2,1-4H3,(H,26,29). The largest absolute Gasteiger partial charge is 0.484 e. The lowest BCUT2D eigenvalue weighted by molar-refractivity contribution is -0.142. The summed E-state index contributed by atoms with van der Waals surface area (Å²) in [6.07, 6.45) is 0. The van der Waals surface area contributed by atoms with Crippen molar-refractivity contribution in [1.29, 1.82) is 0 Å². The third-order valence-electron chi connectivity index (χ3n) is 4.76. The van der Waals surface area contributed by atoms with Crippen molar-refractivity contribution in [3.63, 3.8) is 0 Å². The minimum absolute atomic E-state index is 0.175.